The van der Waals surface area contributed by atoms with Gasteiger partial charge in [0.05, 0.1) is 19.5 Å². The standard InChI is InChI=1S/C17H31N3O4S/c1-25(22,23)20-9-5-6-15(20)16(21)18-14-17(7-3-2-4-8-17)19-10-12-24-13-11-19/h15H,2-14H2,1H3,(H,18,21). The van der Waals surface area contributed by atoms with Crippen LogP contribution in [0.15, 0.2) is 0 Å². The number of carbonyl (C=O) groups is 1. The van der Waals surface area contributed by atoms with Crippen LogP contribution in [0.1, 0.15) is 44.9 Å². The molecule has 7 nitrogen and oxygen atoms in total. The summed E-state index contributed by atoms with van der Waals surface area (Å²) < 4.78 is 30.6. The number of nitrogens with zero attached hydrogens (tertiary/aromatic N) is 2. The molecule has 1 unspecified atom stereocenters. The third kappa shape index (κ3) is 4.35. The van der Waals surface area contributed by atoms with E-state index in [4.69, 9.17) is 4.74 Å². The van der Waals surface area contributed by atoms with E-state index in [1.165, 1.54) is 29.8 Å². The summed E-state index contributed by atoms with van der Waals surface area (Å²) in [5.74, 6) is -0.138. The van der Waals surface area contributed by atoms with Crippen LogP contribution in [0.4, 0.5) is 0 Å². The van der Waals surface area contributed by atoms with Crippen LogP contribution in [-0.4, -0.2) is 80.8 Å². The first-order chi connectivity index (χ1) is 11.9. The fourth-order valence-electron chi connectivity index (χ4n) is 4.62. The van der Waals surface area contributed by atoms with E-state index in [2.05, 4.69) is 10.2 Å². The van der Waals surface area contributed by atoms with E-state index in [1.807, 2.05) is 0 Å². The Bertz CT molecular complexity index is 568. The van der Waals surface area contributed by atoms with Gasteiger partial charge in [0.2, 0.25) is 15.9 Å². The maximum absolute atomic E-state index is 12.7. The van der Waals surface area contributed by atoms with Crippen molar-refractivity contribution in [1.82, 2.24) is 14.5 Å². The Kier molecular flexibility index (Phi) is 6.03. The van der Waals surface area contributed by atoms with Crippen molar-refractivity contribution < 1.29 is 17.9 Å². The summed E-state index contributed by atoms with van der Waals surface area (Å²) in [6, 6.07) is -0.541. The average Bonchev–Trinajstić information content (AvgIpc) is 3.12. The number of sulfonamides is 1. The molecule has 2 aliphatic heterocycles. The van der Waals surface area contributed by atoms with Gasteiger partial charge in [-0.3, -0.25) is 9.69 Å². The van der Waals surface area contributed by atoms with Gasteiger partial charge in [-0.1, -0.05) is 19.3 Å². The topological polar surface area (TPSA) is 79.0 Å². The first kappa shape index (κ1) is 19.1. The molecule has 0 aromatic carbocycles. The SMILES string of the molecule is CS(=O)(=O)N1CCCC1C(=O)NCC1(N2CCOCC2)CCCCC1. The molecular weight excluding hydrogens is 342 g/mol. The van der Waals surface area contributed by atoms with Gasteiger partial charge in [-0.05, 0) is 25.7 Å². The maximum atomic E-state index is 12.7. The third-order valence-corrected chi connectivity index (χ3v) is 7.28. The van der Waals surface area contributed by atoms with E-state index in [-0.39, 0.29) is 11.4 Å². The van der Waals surface area contributed by atoms with Crippen LogP contribution in [0.2, 0.25) is 0 Å². The predicted molar refractivity (Wildman–Crippen MR) is 95.8 cm³/mol. The number of morpholine rings is 1. The molecular formula is C17H31N3O4S. The molecule has 8 heteroatoms. The van der Waals surface area contributed by atoms with Gasteiger partial charge in [0.1, 0.15) is 6.04 Å². The van der Waals surface area contributed by atoms with Gasteiger partial charge < -0.3 is 10.1 Å². The molecule has 3 aliphatic rings. The Labute approximate surface area is 151 Å². The van der Waals surface area contributed by atoms with Crippen molar-refractivity contribution >= 4 is 15.9 Å². The second kappa shape index (κ2) is 7.90. The second-order valence-electron chi connectivity index (χ2n) is 7.63. The molecule has 0 radical (unpaired) electrons. The van der Waals surface area contributed by atoms with Crippen LogP contribution in [0.5, 0.6) is 0 Å². The number of hydrogen-bond acceptors (Lipinski definition) is 5. The number of ether oxygens (including phenoxy) is 1. The second-order valence-corrected chi connectivity index (χ2v) is 9.57. The quantitative estimate of drug-likeness (QED) is 0.762. The van der Waals surface area contributed by atoms with Gasteiger partial charge in [-0.2, -0.15) is 4.31 Å². The minimum Gasteiger partial charge on any atom is -0.379 e. The number of rotatable bonds is 5. The van der Waals surface area contributed by atoms with E-state index in [9.17, 15) is 13.2 Å². The molecule has 1 atom stereocenters. The maximum Gasteiger partial charge on any atom is 0.238 e. The van der Waals surface area contributed by atoms with Gasteiger partial charge in [0.25, 0.3) is 0 Å². The fraction of sp³-hybridized carbons (Fsp3) is 0.941. The van der Waals surface area contributed by atoms with Crippen LogP contribution in [0.25, 0.3) is 0 Å². The van der Waals surface area contributed by atoms with Crippen molar-refractivity contribution in [3.63, 3.8) is 0 Å². The van der Waals surface area contributed by atoms with Crippen molar-refractivity contribution in [2.75, 3.05) is 45.6 Å². The molecule has 2 saturated heterocycles. The molecule has 0 bridgehead atoms. The van der Waals surface area contributed by atoms with E-state index in [0.717, 1.165) is 45.6 Å². The highest BCUT2D eigenvalue weighted by atomic mass is 32.2. The summed E-state index contributed by atoms with van der Waals surface area (Å²) in [4.78, 5) is 15.2. The summed E-state index contributed by atoms with van der Waals surface area (Å²) in [6.45, 7) is 4.38. The van der Waals surface area contributed by atoms with Crippen LogP contribution < -0.4 is 5.32 Å². The molecule has 0 aromatic rings. The Hall–Kier alpha value is -0.700. The number of carbonyl (C=O) groups excluding carboxylic acids is 1. The van der Waals surface area contributed by atoms with Crippen molar-refractivity contribution in [2.24, 2.45) is 0 Å². The molecule has 3 rings (SSSR count). The van der Waals surface area contributed by atoms with E-state index < -0.39 is 16.1 Å². The highest BCUT2D eigenvalue weighted by molar-refractivity contribution is 7.88. The van der Waals surface area contributed by atoms with Gasteiger partial charge in [0, 0.05) is 31.7 Å². The molecule has 0 spiro atoms. The predicted octanol–water partition coefficient (Wildman–Crippen LogP) is 0.562. The molecule has 2 heterocycles. The highest BCUT2D eigenvalue weighted by Crippen LogP contribution is 2.34. The zero-order valence-corrected chi connectivity index (χ0v) is 16.0. The lowest BCUT2D eigenvalue weighted by Gasteiger charge is -2.48. The van der Waals surface area contributed by atoms with E-state index >= 15 is 0 Å². The summed E-state index contributed by atoms with van der Waals surface area (Å²) in [5.41, 5.74) is 0.00616. The van der Waals surface area contributed by atoms with Crippen molar-refractivity contribution in [3.8, 4) is 0 Å². The van der Waals surface area contributed by atoms with Crippen LogP contribution >= 0.6 is 0 Å². The number of nitrogens with one attached hydrogen (secondary N) is 1. The molecule has 1 aliphatic carbocycles. The zero-order valence-electron chi connectivity index (χ0n) is 15.2. The van der Waals surface area contributed by atoms with Crippen LogP contribution in [0, 0.1) is 0 Å². The molecule has 1 amide bonds. The molecule has 25 heavy (non-hydrogen) atoms. The minimum absolute atomic E-state index is 0.00616. The Morgan fingerprint density at radius 3 is 2.44 bits per heavy atom. The van der Waals surface area contributed by atoms with Crippen molar-refractivity contribution in [3.05, 3.63) is 0 Å². The summed E-state index contributed by atoms with van der Waals surface area (Å²) >= 11 is 0. The van der Waals surface area contributed by atoms with Gasteiger partial charge in [-0.25, -0.2) is 8.42 Å². The summed E-state index contributed by atoms with van der Waals surface area (Å²) in [7, 11) is -3.33. The molecule has 3 fully saturated rings. The van der Waals surface area contributed by atoms with Gasteiger partial charge in [-0.15, -0.1) is 0 Å². The first-order valence-corrected chi connectivity index (χ1v) is 11.3. The van der Waals surface area contributed by atoms with E-state index in [0.29, 0.717) is 19.5 Å². The number of hydrogen-bond donors (Lipinski definition) is 1. The highest BCUT2D eigenvalue weighted by Gasteiger charge is 2.41. The smallest absolute Gasteiger partial charge is 0.238 e. The lowest BCUT2D eigenvalue weighted by Crippen LogP contribution is -2.60. The summed E-state index contributed by atoms with van der Waals surface area (Å²) in [6.07, 6.45) is 8.36. The van der Waals surface area contributed by atoms with Crippen LogP contribution in [0.3, 0.4) is 0 Å². The minimum atomic E-state index is -3.33. The lowest BCUT2D eigenvalue weighted by atomic mass is 9.79. The number of amides is 1. The van der Waals surface area contributed by atoms with Crippen LogP contribution in [-0.2, 0) is 19.6 Å². The normalized spacial score (nSPS) is 28.8. The average molecular weight is 374 g/mol. The third-order valence-electron chi connectivity index (χ3n) is 5.99. The van der Waals surface area contributed by atoms with Gasteiger partial charge >= 0.3 is 0 Å². The Morgan fingerprint density at radius 1 is 1.12 bits per heavy atom. The Balaban J connectivity index is 1.65. The molecule has 144 valence electrons. The first-order valence-electron chi connectivity index (χ1n) is 9.50. The Morgan fingerprint density at radius 2 is 1.80 bits per heavy atom. The van der Waals surface area contributed by atoms with Gasteiger partial charge in [0.15, 0.2) is 0 Å². The molecule has 1 saturated carbocycles. The molecule has 1 N–H and O–H groups in total. The lowest BCUT2D eigenvalue weighted by molar-refractivity contribution is -0.125. The zero-order chi connectivity index (χ0) is 17.9. The van der Waals surface area contributed by atoms with Crippen molar-refractivity contribution in [2.45, 2.75) is 56.5 Å². The van der Waals surface area contributed by atoms with E-state index in [1.54, 1.807) is 0 Å². The fourth-order valence-corrected chi connectivity index (χ4v) is 5.75. The van der Waals surface area contributed by atoms with Crippen molar-refractivity contribution in [1.29, 1.82) is 0 Å². The molecule has 0 aromatic heterocycles. The largest absolute Gasteiger partial charge is 0.379 e. The monoisotopic (exact) mass is 373 g/mol. The summed E-state index contributed by atoms with van der Waals surface area (Å²) in [5, 5.41) is 3.11.